The van der Waals surface area contributed by atoms with Crippen LogP contribution in [0.5, 0.6) is 0 Å². The Hall–Kier alpha value is -3.13. The van der Waals surface area contributed by atoms with Crippen LogP contribution in [0.3, 0.4) is 0 Å². The number of fused-ring (bicyclic) bond motifs is 1. The van der Waals surface area contributed by atoms with Gasteiger partial charge in [0.05, 0.1) is 17.5 Å². The molecule has 0 unspecified atom stereocenters. The molecule has 3 aromatic rings. The van der Waals surface area contributed by atoms with E-state index in [4.69, 9.17) is 0 Å². The van der Waals surface area contributed by atoms with Gasteiger partial charge in [0.15, 0.2) is 0 Å². The normalized spacial score (nSPS) is 14.8. The molecule has 8 heteroatoms. The highest BCUT2D eigenvalue weighted by atomic mass is 32.2. The van der Waals surface area contributed by atoms with Gasteiger partial charge in [0, 0.05) is 25.0 Å². The maximum Gasteiger partial charge on any atom is 0.264 e. The Balaban J connectivity index is 1.99. The van der Waals surface area contributed by atoms with Crippen molar-refractivity contribution in [3.8, 4) is 11.3 Å². The van der Waals surface area contributed by atoms with Crippen LogP contribution in [0.4, 0.5) is 0 Å². The number of nitrogens with zero attached hydrogens (tertiary/aromatic N) is 2. The molecule has 2 amide bonds. The average Bonchev–Trinajstić information content (AvgIpc) is 3.12. The van der Waals surface area contributed by atoms with Gasteiger partial charge in [-0.1, -0.05) is 55.7 Å². The van der Waals surface area contributed by atoms with Gasteiger partial charge < -0.3 is 9.47 Å². The Morgan fingerprint density at radius 2 is 1.71 bits per heavy atom. The largest absolute Gasteiger partial charge is 0.347 e. The zero-order chi connectivity index (χ0) is 24.5. The average molecular weight is 482 g/mol. The van der Waals surface area contributed by atoms with Crippen molar-refractivity contribution in [2.24, 2.45) is 0 Å². The minimum absolute atomic E-state index is 0.0599. The van der Waals surface area contributed by atoms with Crippen molar-refractivity contribution < 1.29 is 18.0 Å². The topological polar surface area (TPSA) is 88.5 Å². The molecule has 1 heterocycles. The third kappa shape index (κ3) is 5.01. The maximum absolute atomic E-state index is 12.9. The van der Waals surface area contributed by atoms with Gasteiger partial charge in [-0.2, -0.15) is 0 Å². The molecule has 4 rings (SSSR count). The summed E-state index contributed by atoms with van der Waals surface area (Å²) in [5.41, 5.74) is 4.23. The highest BCUT2D eigenvalue weighted by Gasteiger charge is 2.28. The monoisotopic (exact) mass is 481 g/mol. The van der Waals surface area contributed by atoms with E-state index in [0.29, 0.717) is 5.92 Å². The van der Waals surface area contributed by atoms with Crippen molar-refractivity contribution >= 4 is 32.7 Å². The molecule has 0 atom stereocenters. The van der Waals surface area contributed by atoms with Crippen LogP contribution < -0.4 is 4.72 Å². The Morgan fingerprint density at radius 1 is 1.03 bits per heavy atom. The lowest BCUT2D eigenvalue weighted by atomic mass is 9.82. The molecule has 0 radical (unpaired) electrons. The highest BCUT2D eigenvalue weighted by molar-refractivity contribution is 7.89. The van der Waals surface area contributed by atoms with E-state index >= 15 is 0 Å². The van der Waals surface area contributed by atoms with E-state index in [0.717, 1.165) is 54.1 Å². The Labute approximate surface area is 200 Å². The number of benzene rings is 2. The SMILES string of the molecule is CN(C)C(=O)Cn1c(-c2ccccc2)c(C2CCCCC2)c2ccc(C(=O)NS(C)(=O)=O)cc21. The predicted octanol–water partition coefficient (Wildman–Crippen LogP) is 4.13. The van der Waals surface area contributed by atoms with Crippen LogP contribution >= 0.6 is 0 Å². The van der Waals surface area contributed by atoms with Crippen LogP contribution in [-0.4, -0.2) is 50.1 Å². The van der Waals surface area contributed by atoms with Crippen LogP contribution in [-0.2, 0) is 21.4 Å². The zero-order valence-corrected chi connectivity index (χ0v) is 20.7. The second-order valence-corrected chi connectivity index (χ2v) is 11.0. The number of hydrogen-bond donors (Lipinski definition) is 1. The van der Waals surface area contributed by atoms with Crippen LogP contribution in [0.25, 0.3) is 22.2 Å². The first kappa shape index (κ1) is 24.0. The van der Waals surface area contributed by atoms with Gasteiger partial charge in [0.2, 0.25) is 15.9 Å². The van der Waals surface area contributed by atoms with Crippen LogP contribution in [0, 0.1) is 0 Å². The smallest absolute Gasteiger partial charge is 0.264 e. The van der Waals surface area contributed by atoms with Crippen LogP contribution in [0.15, 0.2) is 48.5 Å². The summed E-state index contributed by atoms with van der Waals surface area (Å²) in [5, 5.41) is 1.01. The molecule has 0 spiro atoms. The summed E-state index contributed by atoms with van der Waals surface area (Å²) in [6.07, 6.45) is 6.67. The van der Waals surface area contributed by atoms with Crippen molar-refractivity contribution in [1.82, 2.24) is 14.2 Å². The molecule has 1 aliphatic carbocycles. The van der Waals surface area contributed by atoms with Gasteiger partial charge in [0.25, 0.3) is 5.91 Å². The molecule has 180 valence electrons. The van der Waals surface area contributed by atoms with Crippen molar-refractivity contribution in [1.29, 1.82) is 0 Å². The second kappa shape index (κ2) is 9.62. The zero-order valence-electron chi connectivity index (χ0n) is 19.9. The Morgan fingerprint density at radius 3 is 2.32 bits per heavy atom. The molecule has 0 saturated heterocycles. The Kier molecular flexibility index (Phi) is 6.79. The lowest BCUT2D eigenvalue weighted by molar-refractivity contribution is -0.129. The first-order valence-electron chi connectivity index (χ1n) is 11.6. The number of aromatic nitrogens is 1. The molecule has 1 N–H and O–H groups in total. The third-order valence-electron chi connectivity index (χ3n) is 6.50. The summed E-state index contributed by atoms with van der Waals surface area (Å²) < 4.78 is 27.3. The standard InChI is InChI=1S/C26H31N3O4S/c1-28(2)23(30)17-29-22-16-20(26(31)27-34(3,32)33)14-15-21(22)24(18-10-6-4-7-11-18)25(29)19-12-8-5-9-13-19/h5,8-9,12-16,18H,4,6-7,10-11,17H2,1-3H3,(H,27,31). The molecular weight excluding hydrogens is 450 g/mol. The number of carbonyl (C=O) groups excluding carboxylic acids is 2. The number of rotatable bonds is 6. The molecule has 1 saturated carbocycles. The third-order valence-corrected chi connectivity index (χ3v) is 7.05. The molecule has 1 fully saturated rings. The lowest BCUT2D eigenvalue weighted by Gasteiger charge is -2.24. The first-order valence-corrected chi connectivity index (χ1v) is 13.5. The van der Waals surface area contributed by atoms with E-state index in [1.807, 2.05) is 33.6 Å². The van der Waals surface area contributed by atoms with E-state index in [1.54, 1.807) is 31.1 Å². The van der Waals surface area contributed by atoms with Crippen LogP contribution in [0.1, 0.15) is 53.9 Å². The van der Waals surface area contributed by atoms with Gasteiger partial charge in [-0.25, -0.2) is 13.1 Å². The number of hydrogen-bond acceptors (Lipinski definition) is 4. The summed E-state index contributed by atoms with van der Waals surface area (Å²) in [7, 11) is -0.244. The number of likely N-dealkylation sites (N-methyl/N-ethyl adjacent to an activating group) is 1. The number of nitrogens with one attached hydrogen (secondary N) is 1. The number of sulfonamides is 1. The summed E-state index contributed by atoms with van der Waals surface area (Å²) in [5.74, 6) is -0.385. The molecule has 2 aromatic carbocycles. The van der Waals surface area contributed by atoms with Crippen molar-refractivity contribution in [2.75, 3.05) is 20.4 Å². The van der Waals surface area contributed by atoms with Gasteiger partial charge in [-0.3, -0.25) is 9.59 Å². The molecule has 7 nitrogen and oxygen atoms in total. The molecule has 0 aliphatic heterocycles. The summed E-state index contributed by atoms with van der Waals surface area (Å²) >= 11 is 0. The molecule has 1 aliphatic rings. The van der Waals surface area contributed by atoms with Crippen molar-refractivity contribution in [3.05, 3.63) is 59.7 Å². The van der Waals surface area contributed by atoms with Crippen molar-refractivity contribution in [3.63, 3.8) is 0 Å². The minimum atomic E-state index is -3.70. The van der Waals surface area contributed by atoms with Gasteiger partial charge >= 0.3 is 0 Å². The van der Waals surface area contributed by atoms with Gasteiger partial charge in [-0.05, 0) is 42.0 Å². The first-order chi connectivity index (χ1) is 16.2. The fraction of sp³-hybridized carbons (Fsp3) is 0.385. The van der Waals surface area contributed by atoms with Gasteiger partial charge in [0.1, 0.15) is 6.54 Å². The Bertz CT molecular complexity index is 1320. The maximum atomic E-state index is 12.9. The van der Waals surface area contributed by atoms with Crippen LogP contribution in [0.2, 0.25) is 0 Å². The quantitative estimate of drug-likeness (QED) is 0.573. The van der Waals surface area contributed by atoms with E-state index < -0.39 is 15.9 Å². The highest BCUT2D eigenvalue weighted by Crippen LogP contribution is 2.44. The summed E-state index contributed by atoms with van der Waals surface area (Å²) in [6, 6.07) is 15.3. The summed E-state index contributed by atoms with van der Waals surface area (Å²) in [4.78, 5) is 27.1. The van der Waals surface area contributed by atoms with E-state index in [1.165, 1.54) is 12.0 Å². The summed E-state index contributed by atoms with van der Waals surface area (Å²) in [6.45, 7) is 0.123. The van der Waals surface area contributed by atoms with Crippen molar-refractivity contribution in [2.45, 2.75) is 44.6 Å². The van der Waals surface area contributed by atoms with E-state index in [2.05, 4.69) is 12.1 Å². The number of amides is 2. The molecule has 0 bridgehead atoms. The van der Waals surface area contributed by atoms with Gasteiger partial charge in [-0.15, -0.1) is 0 Å². The number of carbonyl (C=O) groups is 2. The molecular formula is C26H31N3O4S. The molecule has 1 aromatic heterocycles. The predicted molar refractivity (Wildman–Crippen MR) is 134 cm³/mol. The van der Waals surface area contributed by atoms with E-state index in [-0.39, 0.29) is 18.0 Å². The lowest BCUT2D eigenvalue weighted by Crippen LogP contribution is -2.29. The fourth-order valence-corrected chi connectivity index (χ4v) is 5.35. The minimum Gasteiger partial charge on any atom is -0.347 e. The molecule has 34 heavy (non-hydrogen) atoms. The van der Waals surface area contributed by atoms with E-state index in [9.17, 15) is 18.0 Å². The fourth-order valence-electron chi connectivity index (χ4n) is 4.90. The second-order valence-electron chi connectivity index (χ2n) is 9.27.